The van der Waals surface area contributed by atoms with Gasteiger partial charge in [-0.05, 0) is 61.9 Å². The molecule has 0 spiro atoms. The Morgan fingerprint density at radius 3 is 2.70 bits per heavy atom. The third-order valence-corrected chi connectivity index (χ3v) is 7.64. The topological polar surface area (TPSA) is 91.8 Å². The largest absolute Gasteiger partial charge is 0.573 e. The van der Waals surface area contributed by atoms with Crippen molar-refractivity contribution in [2.45, 2.75) is 51.8 Å². The van der Waals surface area contributed by atoms with Crippen molar-refractivity contribution >= 4 is 44.5 Å². The van der Waals surface area contributed by atoms with Crippen molar-refractivity contribution in [1.29, 1.82) is 0 Å². The van der Waals surface area contributed by atoms with Gasteiger partial charge in [0.05, 0.1) is 11.1 Å². The zero-order chi connectivity index (χ0) is 29.0. The molecule has 1 fully saturated rings. The molecule has 11 heteroatoms. The number of carboxylic acid groups (broad SMARTS) is 1. The number of benzene rings is 2. The van der Waals surface area contributed by atoms with Crippen LogP contribution in [0.2, 0.25) is 0 Å². The van der Waals surface area contributed by atoms with Gasteiger partial charge in [-0.1, -0.05) is 41.1 Å². The Balaban J connectivity index is 1.68. The average molecular weight is 622 g/mol. The van der Waals surface area contributed by atoms with Gasteiger partial charge >= 0.3 is 12.3 Å². The SMILES string of the molecule is Cc1c(N2CCC[C@H](C)C2)nc2ccc(Br)cc2c1C(=O)NC[C@@H](CCC(=O)O)c1ccccc1OC(F)(F)F. The number of aromatic nitrogens is 1. The number of carbonyl (C=O) groups is 2. The Kier molecular flexibility index (Phi) is 9.22. The van der Waals surface area contributed by atoms with Crippen molar-refractivity contribution in [2.75, 3.05) is 24.5 Å². The number of nitrogens with zero attached hydrogens (tertiary/aromatic N) is 2. The Morgan fingerprint density at radius 1 is 1.25 bits per heavy atom. The van der Waals surface area contributed by atoms with Crippen LogP contribution in [0.5, 0.6) is 5.75 Å². The fourth-order valence-corrected chi connectivity index (χ4v) is 5.67. The number of hydrogen-bond acceptors (Lipinski definition) is 5. The number of amides is 1. The molecule has 2 heterocycles. The van der Waals surface area contributed by atoms with Gasteiger partial charge in [-0.2, -0.15) is 0 Å². The summed E-state index contributed by atoms with van der Waals surface area (Å²) >= 11 is 3.47. The van der Waals surface area contributed by atoms with Crippen molar-refractivity contribution in [3.63, 3.8) is 0 Å². The highest BCUT2D eigenvalue weighted by Crippen LogP contribution is 2.35. The molecule has 7 nitrogen and oxygen atoms in total. The molecule has 40 heavy (non-hydrogen) atoms. The summed E-state index contributed by atoms with van der Waals surface area (Å²) in [7, 11) is 0. The van der Waals surface area contributed by atoms with Crippen LogP contribution in [0, 0.1) is 12.8 Å². The van der Waals surface area contributed by atoms with Crippen molar-refractivity contribution in [3.8, 4) is 5.75 Å². The third kappa shape index (κ3) is 7.24. The maximum Gasteiger partial charge on any atom is 0.573 e. The summed E-state index contributed by atoms with van der Waals surface area (Å²) in [4.78, 5) is 32.2. The number of fused-ring (bicyclic) bond motifs is 1. The van der Waals surface area contributed by atoms with Gasteiger partial charge in [-0.25, -0.2) is 4.98 Å². The lowest BCUT2D eigenvalue weighted by atomic mass is 9.92. The number of rotatable bonds is 9. The van der Waals surface area contributed by atoms with Crippen LogP contribution in [0.25, 0.3) is 10.9 Å². The molecule has 0 aliphatic carbocycles. The van der Waals surface area contributed by atoms with E-state index in [0.717, 1.165) is 36.2 Å². The molecule has 0 radical (unpaired) electrons. The van der Waals surface area contributed by atoms with Crippen LogP contribution in [-0.4, -0.2) is 48.0 Å². The molecule has 4 rings (SSSR count). The molecule has 1 aliphatic heterocycles. The van der Waals surface area contributed by atoms with Crippen molar-refractivity contribution in [3.05, 3.63) is 63.6 Å². The quantitative estimate of drug-likeness (QED) is 0.272. The number of aliphatic carboxylic acids is 1. The number of nitrogens with one attached hydrogen (secondary N) is 1. The highest BCUT2D eigenvalue weighted by atomic mass is 79.9. The van der Waals surface area contributed by atoms with E-state index in [4.69, 9.17) is 4.98 Å². The normalized spacial score (nSPS) is 16.6. The minimum Gasteiger partial charge on any atom is -0.481 e. The summed E-state index contributed by atoms with van der Waals surface area (Å²) in [6.45, 7) is 5.60. The molecule has 3 aromatic rings. The standard InChI is InChI=1S/C29H31BrF3N3O4/c1-17-6-5-13-36(16-17)27-18(2)26(22-14-20(30)10-11-23(22)35-27)28(39)34-15-19(9-12-25(37)38)21-7-3-4-8-24(21)40-29(31,32)33/h3-4,7-8,10-11,14,17,19H,5-6,9,12-13,15-16H2,1-2H3,(H,34,39)(H,37,38)/t17-,19+/m0/s1. The van der Waals surface area contributed by atoms with Crippen LogP contribution in [0.3, 0.4) is 0 Å². The number of ether oxygens (including phenoxy) is 1. The smallest absolute Gasteiger partial charge is 0.481 e. The highest BCUT2D eigenvalue weighted by molar-refractivity contribution is 9.10. The number of para-hydroxylation sites is 1. The molecule has 2 aromatic carbocycles. The molecule has 0 unspecified atom stereocenters. The number of carboxylic acids is 1. The first kappa shape index (κ1) is 29.6. The Bertz CT molecular complexity index is 1400. The van der Waals surface area contributed by atoms with Crippen LogP contribution in [0.4, 0.5) is 19.0 Å². The Morgan fingerprint density at radius 2 is 2.00 bits per heavy atom. The summed E-state index contributed by atoms with van der Waals surface area (Å²) in [6, 6.07) is 11.1. The molecule has 1 saturated heterocycles. The van der Waals surface area contributed by atoms with Gasteiger partial charge in [-0.15, -0.1) is 13.2 Å². The van der Waals surface area contributed by atoms with E-state index in [1.165, 1.54) is 18.2 Å². The zero-order valence-corrected chi connectivity index (χ0v) is 23.8. The van der Waals surface area contributed by atoms with Gasteiger partial charge in [0.15, 0.2) is 0 Å². The second-order valence-electron chi connectivity index (χ2n) is 10.2. The lowest BCUT2D eigenvalue weighted by molar-refractivity contribution is -0.275. The number of alkyl halides is 3. The Labute approximate surface area is 238 Å². The summed E-state index contributed by atoms with van der Waals surface area (Å²) in [5.41, 5.74) is 1.96. The number of piperidine rings is 1. The van der Waals surface area contributed by atoms with Crippen LogP contribution in [-0.2, 0) is 4.79 Å². The molecule has 1 aliphatic rings. The van der Waals surface area contributed by atoms with Gasteiger partial charge in [0.1, 0.15) is 11.6 Å². The zero-order valence-electron chi connectivity index (χ0n) is 22.2. The van der Waals surface area contributed by atoms with Crippen molar-refractivity contribution < 1.29 is 32.6 Å². The second kappa shape index (κ2) is 12.4. The minimum atomic E-state index is -4.92. The van der Waals surface area contributed by atoms with Gasteiger partial charge < -0.3 is 20.1 Å². The lowest BCUT2D eigenvalue weighted by Crippen LogP contribution is -2.36. The van der Waals surface area contributed by atoms with Gasteiger partial charge in [0, 0.05) is 47.4 Å². The lowest BCUT2D eigenvalue weighted by Gasteiger charge is -2.33. The number of hydrogen-bond donors (Lipinski definition) is 2. The molecule has 0 saturated carbocycles. The molecule has 2 atom stereocenters. The van der Waals surface area contributed by atoms with Gasteiger partial charge in [0.25, 0.3) is 5.91 Å². The van der Waals surface area contributed by atoms with Gasteiger partial charge in [-0.3, -0.25) is 9.59 Å². The van der Waals surface area contributed by atoms with Crippen molar-refractivity contribution in [1.82, 2.24) is 10.3 Å². The number of carbonyl (C=O) groups excluding carboxylic acids is 1. The number of halogens is 4. The fraction of sp³-hybridized carbons (Fsp3) is 0.414. The van der Waals surface area contributed by atoms with E-state index in [1.54, 1.807) is 6.07 Å². The predicted octanol–water partition coefficient (Wildman–Crippen LogP) is 6.82. The Hall–Kier alpha value is -3.34. The number of pyridine rings is 1. The summed E-state index contributed by atoms with van der Waals surface area (Å²) in [5, 5.41) is 12.8. The first-order valence-corrected chi connectivity index (χ1v) is 13.9. The molecule has 2 N–H and O–H groups in total. The summed E-state index contributed by atoms with van der Waals surface area (Å²) < 4.78 is 44.2. The van der Waals surface area contributed by atoms with Crippen LogP contribution < -0.4 is 15.0 Å². The highest BCUT2D eigenvalue weighted by Gasteiger charge is 2.33. The summed E-state index contributed by atoms with van der Waals surface area (Å²) in [6.07, 6.45) is -3.05. The van der Waals surface area contributed by atoms with E-state index in [0.29, 0.717) is 27.9 Å². The van der Waals surface area contributed by atoms with E-state index in [9.17, 15) is 27.9 Å². The molecular formula is C29H31BrF3N3O4. The van der Waals surface area contributed by atoms with Crippen molar-refractivity contribution in [2.24, 2.45) is 5.92 Å². The number of anilines is 1. The first-order valence-electron chi connectivity index (χ1n) is 13.1. The molecule has 1 amide bonds. The van der Waals surface area contributed by atoms with E-state index < -0.39 is 29.9 Å². The van der Waals surface area contributed by atoms with E-state index in [1.807, 2.05) is 25.1 Å². The molecular weight excluding hydrogens is 591 g/mol. The predicted molar refractivity (Wildman–Crippen MR) is 150 cm³/mol. The van der Waals surface area contributed by atoms with E-state index in [2.05, 4.69) is 37.8 Å². The summed E-state index contributed by atoms with van der Waals surface area (Å²) in [5.74, 6) is -1.44. The first-order chi connectivity index (χ1) is 18.9. The molecule has 1 aromatic heterocycles. The van der Waals surface area contributed by atoms with Crippen LogP contribution >= 0.6 is 15.9 Å². The maximum absolute atomic E-state index is 13.8. The minimum absolute atomic E-state index is 0.00633. The molecule has 214 valence electrons. The maximum atomic E-state index is 13.8. The van der Waals surface area contributed by atoms with Crippen LogP contribution in [0.15, 0.2) is 46.9 Å². The second-order valence-corrected chi connectivity index (χ2v) is 11.1. The van der Waals surface area contributed by atoms with E-state index >= 15 is 0 Å². The van der Waals surface area contributed by atoms with Crippen LogP contribution in [0.1, 0.15) is 60.0 Å². The monoisotopic (exact) mass is 621 g/mol. The average Bonchev–Trinajstić information content (AvgIpc) is 2.88. The fourth-order valence-electron chi connectivity index (χ4n) is 5.30. The molecule has 0 bridgehead atoms. The third-order valence-electron chi connectivity index (χ3n) is 7.15. The van der Waals surface area contributed by atoms with Gasteiger partial charge in [0.2, 0.25) is 0 Å². The van der Waals surface area contributed by atoms with E-state index in [-0.39, 0.29) is 24.9 Å².